The van der Waals surface area contributed by atoms with Crippen LogP contribution in [0.15, 0.2) is 30.0 Å². The molecule has 0 aromatic heterocycles. The van der Waals surface area contributed by atoms with Gasteiger partial charge in [0.05, 0.1) is 11.5 Å². The molecule has 2 N–H and O–H groups in total. The monoisotopic (exact) mass is 322 g/mol. The molecule has 2 rings (SSSR count). The number of rotatable bonds is 7. The highest BCUT2D eigenvalue weighted by molar-refractivity contribution is 6.18. The first-order chi connectivity index (χ1) is 11.0. The van der Waals surface area contributed by atoms with Crippen molar-refractivity contribution in [2.24, 2.45) is 5.73 Å². The van der Waals surface area contributed by atoms with Crippen LogP contribution in [0.5, 0.6) is 0 Å². The van der Waals surface area contributed by atoms with Crippen LogP contribution in [0.1, 0.15) is 5.56 Å². The maximum Gasteiger partial charge on any atom is 0.342 e. The number of ether oxygens (including phenoxy) is 3. The average Bonchev–Trinajstić information content (AvgIpc) is 2.92. The van der Waals surface area contributed by atoms with E-state index in [4.69, 9.17) is 19.9 Å². The third-order valence-corrected chi connectivity index (χ3v) is 2.97. The molecule has 0 radical (unpaired) electrons. The molecule has 1 aromatic rings. The van der Waals surface area contributed by atoms with E-state index in [0.29, 0.717) is 5.56 Å². The predicted octanol–water partition coefficient (Wildman–Crippen LogP) is 0.381. The van der Waals surface area contributed by atoms with Crippen LogP contribution >= 0.6 is 0 Å². The van der Waals surface area contributed by atoms with Gasteiger partial charge >= 0.3 is 11.9 Å². The summed E-state index contributed by atoms with van der Waals surface area (Å²) in [5, 5.41) is 10.6. The molecule has 23 heavy (non-hydrogen) atoms. The van der Waals surface area contributed by atoms with Crippen molar-refractivity contribution >= 4 is 23.2 Å². The molecule has 1 aliphatic rings. The van der Waals surface area contributed by atoms with Crippen LogP contribution in [0, 0.1) is 10.1 Å². The van der Waals surface area contributed by atoms with Crippen LogP contribution in [0.4, 0.5) is 5.69 Å². The second kappa shape index (κ2) is 7.36. The molecule has 1 heterocycles. The molecule has 9 heteroatoms. The fraction of sp³-hybridized carbons (Fsp3) is 0.286. The third-order valence-electron chi connectivity index (χ3n) is 2.97. The van der Waals surface area contributed by atoms with Gasteiger partial charge in [0.2, 0.25) is 0 Å². The average molecular weight is 322 g/mol. The van der Waals surface area contributed by atoms with Crippen molar-refractivity contribution in [3.05, 3.63) is 45.7 Å². The molecule has 0 atom stereocenters. The highest BCUT2D eigenvalue weighted by Crippen LogP contribution is 2.28. The Morgan fingerprint density at radius 1 is 1.30 bits per heavy atom. The first kappa shape index (κ1) is 16.4. The van der Waals surface area contributed by atoms with Crippen LogP contribution in [0.3, 0.4) is 0 Å². The van der Waals surface area contributed by atoms with Gasteiger partial charge in [0.25, 0.3) is 5.69 Å². The molecule has 0 saturated carbocycles. The number of nitrogens with zero attached hydrogens (tertiary/aromatic N) is 1. The summed E-state index contributed by atoms with van der Waals surface area (Å²) >= 11 is 0. The predicted molar refractivity (Wildman–Crippen MR) is 76.9 cm³/mol. The Labute approximate surface area is 130 Å². The molecular weight excluding hydrogens is 308 g/mol. The largest absolute Gasteiger partial charge is 0.490 e. The van der Waals surface area contributed by atoms with E-state index in [1.165, 1.54) is 24.3 Å². The zero-order valence-electron chi connectivity index (χ0n) is 12.0. The summed E-state index contributed by atoms with van der Waals surface area (Å²) < 4.78 is 15.1. The number of benzene rings is 1. The van der Waals surface area contributed by atoms with Gasteiger partial charge in [0, 0.05) is 12.1 Å². The smallest absolute Gasteiger partial charge is 0.342 e. The van der Waals surface area contributed by atoms with Gasteiger partial charge in [0.15, 0.2) is 0 Å². The van der Waals surface area contributed by atoms with E-state index in [2.05, 4.69) is 0 Å². The zero-order chi connectivity index (χ0) is 16.8. The van der Waals surface area contributed by atoms with E-state index in [0.717, 1.165) is 0 Å². The van der Waals surface area contributed by atoms with Gasteiger partial charge in [-0.15, -0.1) is 0 Å². The van der Waals surface area contributed by atoms with Crippen molar-refractivity contribution in [1.82, 2.24) is 0 Å². The van der Waals surface area contributed by atoms with Gasteiger partial charge in [-0.1, -0.05) is 0 Å². The standard InChI is InChI=1S/C14H14N2O7/c15-7-12(17)22-6-5-21-11-8-23-14(18)13(11)9-1-3-10(4-2-9)16(19)20/h1-4H,5-8,15H2. The zero-order valence-corrected chi connectivity index (χ0v) is 12.0. The minimum Gasteiger partial charge on any atom is -0.490 e. The number of non-ortho nitro benzene ring substituents is 1. The van der Waals surface area contributed by atoms with Crippen molar-refractivity contribution in [1.29, 1.82) is 0 Å². The van der Waals surface area contributed by atoms with Crippen LogP contribution in [0.25, 0.3) is 5.57 Å². The first-order valence-electron chi connectivity index (χ1n) is 6.66. The van der Waals surface area contributed by atoms with Crippen molar-refractivity contribution in [3.8, 4) is 0 Å². The molecule has 0 amide bonds. The second-order valence-corrected chi connectivity index (χ2v) is 4.45. The number of hydrogen-bond acceptors (Lipinski definition) is 8. The van der Waals surface area contributed by atoms with E-state index < -0.39 is 16.9 Å². The van der Waals surface area contributed by atoms with Crippen molar-refractivity contribution in [2.45, 2.75) is 0 Å². The van der Waals surface area contributed by atoms with E-state index in [9.17, 15) is 19.7 Å². The van der Waals surface area contributed by atoms with E-state index in [1.807, 2.05) is 0 Å². The molecule has 0 fully saturated rings. The molecule has 9 nitrogen and oxygen atoms in total. The molecule has 1 aliphatic heterocycles. The van der Waals surface area contributed by atoms with Crippen LogP contribution in [-0.4, -0.2) is 43.2 Å². The summed E-state index contributed by atoms with van der Waals surface area (Å²) in [5.74, 6) is -0.850. The lowest BCUT2D eigenvalue weighted by molar-refractivity contribution is -0.384. The SMILES string of the molecule is NCC(=O)OCCOC1=C(c2ccc([N+](=O)[O-])cc2)C(=O)OC1. The third kappa shape index (κ3) is 4.04. The van der Waals surface area contributed by atoms with E-state index in [1.54, 1.807) is 0 Å². The number of carbonyl (C=O) groups excluding carboxylic acids is 2. The lowest BCUT2D eigenvalue weighted by Gasteiger charge is -2.08. The Balaban J connectivity index is 2.07. The normalized spacial score (nSPS) is 13.7. The summed E-state index contributed by atoms with van der Waals surface area (Å²) in [5.41, 5.74) is 5.65. The molecular formula is C14H14N2O7. The Bertz CT molecular complexity index is 652. The molecule has 122 valence electrons. The van der Waals surface area contributed by atoms with Gasteiger partial charge in [-0.05, 0) is 17.7 Å². The van der Waals surface area contributed by atoms with Gasteiger partial charge in [0.1, 0.15) is 31.2 Å². The van der Waals surface area contributed by atoms with Crippen molar-refractivity contribution < 1.29 is 28.7 Å². The number of hydrogen-bond donors (Lipinski definition) is 1. The van der Waals surface area contributed by atoms with Crippen LogP contribution in [-0.2, 0) is 23.8 Å². The quantitative estimate of drug-likeness (QED) is 0.330. The highest BCUT2D eigenvalue weighted by Gasteiger charge is 2.28. The van der Waals surface area contributed by atoms with Gasteiger partial charge in [-0.3, -0.25) is 14.9 Å². The molecule has 0 bridgehead atoms. The molecule has 0 unspecified atom stereocenters. The van der Waals surface area contributed by atoms with E-state index in [-0.39, 0.29) is 43.4 Å². The minimum atomic E-state index is -0.576. The van der Waals surface area contributed by atoms with Gasteiger partial charge in [-0.25, -0.2) is 4.79 Å². The summed E-state index contributed by atoms with van der Waals surface area (Å²) in [6.45, 7) is -0.246. The lowest BCUT2D eigenvalue weighted by Crippen LogP contribution is -2.19. The topological polar surface area (TPSA) is 131 Å². The Morgan fingerprint density at radius 3 is 2.61 bits per heavy atom. The summed E-state index contributed by atoms with van der Waals surface area (Å²) in [7, 11) is 0. The van der Waals surface area contributed by atoms with Crippen molar-refractivity contribution in [2.75, 3.05) is 26.4 Å². The number of nitrogens with two attached hydrogens (primary N) is 1. The highest BCUT2D eigenvalue weighted by atomic mass is 16.6. The van der Waals surface area contributed by atoms with Crippen LogP contribution in [0.2, 0.25) is 0 Å². The second-order valence-electron chi connectivity index (χ2n) is 4.45. The number of nitro groups is 1. The maximum atomic E-state index is 11.8. The lowest BCUT2D eigenvalue weighted by atomic mass is 10.1. The number of carbonyl (C=O) groups is 2. The molecule has 0 aliphatic carbocycles. The fourth-order valence-corrected chi connectivity index (χ4v) is 1.91. The minimum absolute atomic E-state index is 0.0126. The number of cyclic esters (lactones) is 1. The molecule has 0 spiro atoms. The Hall–Kier alpha value is -2.94. The van der Waals surface area contributed by atoms with E-state index >= 15 is 0 Å². The van der Waals surface area contributed by atoms with Gasteiger partial charge in [-0.2, -0.15) is 0 Å². The first-order valence-corrected chi connectivity index (χ1v) is 6.66. The number of nitro benzene ring substituents is 1. The van der Waals surface area contributed by atoms with Crippen LogP contribution < -0.4 is 5.73 Å². The maximum absolute atomic E-state index is 11.8. The molecule has 1 aromatic carbocycles. The van der Waals surface area contributed by atoms with Gasteiger partial charge < -0.3 is 19.9 Å². The molecule has 0 saturated heterocycles. The van der Waals surface area contributed by atoms with Crippen molar-refractivity contribution in [3.63, 3.8) is 0 Å². The fourth-order valence-electron chi connectivity index (χ4n) is 1.91. The number of esters is 2. The Kier molecular flexibility index (Phi) is 5.26. The summed E-state index contributed by atoms with van der Waals surface area (Å²) in [6.07, 6.45) is 0. The summed E-state index contributed by atoms with van der Waals surface area (Å²) in [6, 6.07) is 5.46. The summed E-state index contributed by atoms with van der Waals surface area (Å²) in [4.78, 5) is 32.8. The Morgan fingerprint density at radius 2 is 2.00 bits per heavy atom.